The maximum atomic E-state index is 5.21. The van der Waals surface area contributed by atoms with Gasteiger partial charge in [-0.3, -0.25) is 0 Å². The average molecular weight is 160 g/mol. The molecule has 0 spiro atoms. The third-order valence-corrected chi connectivity index (χ3v) is 1.46. The van der Waals surface area contributed by atoms with Gasteiger partial charge in [-0.25, -0.2) is 0 Å². The molecule has 0 aliphatic rings. The van der Waals surface area contributed by atoms with E-state index in [9.17, 15) is 0 Å². The molecule has 0 aliphatic carbocycles. The Balaban J connectivity index is 3.24. The molecule has 0 unspecified atom stereocenters. The van der Waals surface area contributed by atoms with Crippen LogP contribution in [0, 0.1) is 0 Å². The van der Waals surface area contributed by atoms with E-state index in [1.54, 1.807) is 12.3 Å². The second-order valence-electron chi connectivity index (χ2n) is 2.34. The minimum Gasteiger partial charge on any atom is -0.464 e. The fourth-order valence-electron chi connectivity index (χ4n) is 0.911. The Morgan fingerprint density at radius 1 is 1.42 bits per heavy atom. The lowest BCUT2D eigenvalue weighted by Crippen LogP contribution is -2.17. The molecule has 1 aromatic rings. The number of rotatable bonds is 2. The summed E-state index contributed by atoms with van der Waals surface area (Å²) in [5, 5.41) is 1.08. The quantitative estimate of drug-likeness (QED) is 0.640. The van der Waals surface area contributed by atoms with Gasteiger partial charge in [0, 0.05) is 5.22 Å². The van der Waals surface area contributed by atoms with Gasteiger partial charge in [0.1, 0.15) is 5.42 Å². The summed E-state index contributed by atoms with van der Waals surface area (Å²) < 4.78 is 5.21. The highest BCUT2D eigenvalue weighted by atomic mass is 16.3. The van der Waals surface area contributed by atoms with E-state index < -0.39 is 0 Å². The number of allylic oxidation sites excluding steroid dienone is 3. The van der Waals surface area contributed by atoms with Crippen LogP contribution in [-0.2, 0) is 0 Å². The lowest BCUT2D eigenvalue weighted by Gasteiger charge is -1.74. The van der Waals surface area contributed by atoms with Crippen molar-refractivity contribution < 1.29 is 4.42 Å². The Morgan fingerprint density at radius 3 is 2.92 bits per heavy atom. The van der Waals surface area contributed by atoms with E-state index in [0.717, 1.165) is 10.6 Å². The van der Waals surface area contributed by atoms with Crippen molar-refractivity contribution in [1.29, 1.82) is 0 Å². The predicted molar refractivity (Wildman–Crippen MR) is 51.9 cm³/mol. The topological polar surface area (TPSA) is 13.1 Å². The summed E-state index contributed by atoms with van der Waals surface area (Å²) in [7, 11) is 0. The average Bonchev–Trinajstić information content (AvgIpc) is 2.50. The molecule has 0 N–H and O–H groups in total. The normalized spacial score (nSPS) is 14.4. The number of hydrogen-bond donors (Lipinski definition) is 0. The first-order chi connectivity index (χ1) is 5.88. The van der Waals surface area contributed by atoms with Crippen molar-refractivity contribution in [3.8, 4) is 0 Å². The van der Waals surface area contributed by atoms with Crippen molar-refractivity contribution in [2.45, 2.75) is 6.92 Å². The molecular weight excluding hydrogens is 148 g/mol. The summed E-state index contributed by atoms with van der Waals surface area (Å²) in [5.74, 6) is 0. The number of furan rings is 1. The van der Waals surface area contributed by atoms with E-state index in [0.29, 0.717) is 0 Å². The molecule has 1 heteroatoms. The summed E-state index contributed by atoms with van der Waals surface area (Å²) in [6.45, 7) is 5.59. The Bertz CT molecular complexity index is 379. The standard InChI is InChI=1S/C11H12O/c1-3-5-7-10-8-9-12-11(10)6-4-2/h3-9H,2H2,1H3/b5-3-,10-7-,11-6+. The predicted octanol–water partition coefficient (Wildman–Crippen LogP) is 1.60. The smallest absolute Gasteiger partial charge is 0.133 e. The van der Waals surface area contributed by atoms with Gasteiger partial charge in [0.05, 0.1) is 6.26 Å². The summed E-state index contributed by atoms with van der Waals surface area (Å²) in [6, 6.07) is 1.93. The van der Waals surface area contributed by atoms with E-state index in [1.807, 2.05) is 37.3 Å². The zero-order chi connectivity index (χ0) is 8.81. The molecule has 0 aromatic carbocycles. The van der Waals surface area contributed by atoms with Gasteiger partial charge in [-0.05, 0) is 19.1 Å². The van der Waals surface area contributed by atoms with Crippen LogP contribution in [0.4, 0.5) is 0 Å². The minimum absolute atomic E-state index is 0.850. The van der Waals surface area contributed by atoms with Crippen LogP contribution in [-0.4, -0.2) is 0 Å². The molecule has 0 bridgehead atoms. The van der Waals surface area contributed by atoms with Crippen molar-refractivity contribution in [1.82, 2.24) is 0 Å². The molecule has 0 saturated carbocycles. The van der Waals surface area contributed by atoms with Gasteiger partial charge in [-0.1, -0.05) is 30.9 Å². The van der Waals surface area contributed by atoms with Crippen LogP contribution >= 0.6 is 0 Å². The van der Waals surface area contributed by atoms with Crippen LogP contribution in [0.2, 0.25) is 0 Å². The fourth-order valence-corrected chi connectivity index (χ4v) is 0.911. The van der Waals surface area contributed by atoms with Gasteiger partial charge in [0.15, 0.2) is 0 Å². The number of hydrogen-bond acceptors (Lipinski definition) is 1. The Morgan fingerprint density at radius 2 is 2.25 bits per heavy atom. The third-order valence-electron chi connectivity index (χ3n) is 1.46. The monoisotopic (exact) mass is 160 g/mol. The van der Waals surface area contributed by atoms with Crippen molar-refractivity contribution in [2.75, 3.05) is 0 Å². The molecule has 0 aliphatic heterocycles. The molecule has 1 nitrogen and oxygen atoms in total. The van der Waals surface area contributed by atoms with Crippen molar-refractivity contribution in [3.05, 3.63) is 47.8 Å². The van der Waals surface area contributed by atoms with Crippen LogP contribution in [0.3, 0.4) is 0 Å². The molecule has 0 radical (unpaired) electrons. The lowest BCUT2D eigenvalue weighted by molar-refractivity contribution is 0.531. The van der Waals surface area contributed by atoms with E-state index in [4.69, 9.17) is 4.42 Å². The SMILES string of the molecule is C=C/C=c1/occ/c1=C/C=C\C. The summed E-state index contributed by atoms with van der Waals surface area (Å²) >= 11 is 0. The van der Waals surface area contributed by atoms with Crippen molar-refractivity contribution in [2.24, 2.45) is 0 Å². The third kappa shape index (κ3) is 1.99. The molecule has 1 heterocycles. The fraction of sp³-hybridized carbons (Fsp3) is 0.0909. The van der Waals surface area contributed by atoms with Gasteiger partial charge in [-0.15, -0.1) is 0 Å². The maximum Gasteiger partial charge on any atom is 0.133 e. The molecule has 12 heavy (non-hydrogen) atoms. The molecule has 0 atom stereocenters. The zero-order valence-corrected chi connectivity index (χ0v) is 7.16. The Labute approximate surface area is 72.0 Å². The lowest BCUT2D eigenvalue weighted by atomic mass is 10.3. The molecule has 1 aromatic heterocycles. The van der Waals surface area contributed by atoms with Crippen LogP contribution in [0.1, 0.15) is 6.92 Å². The minimum atomic E-state index is 0.850. The Kier molecular flexibility index (Phi) is 3.15. The van der Waals surface area contributed by atoms with Crippen molar-refractivity contribution >= 4 is 12.2 Å². The van der Waals surface area contributed by atoms with E-state index in [1.165, 1.54) is 0 Å². The van der Waals surface area contributed by atoms with E-state index in [2.05, 4.69) is 6.58 Å². The van der Waals surface area contributed by atoms with Crippen LogP contribution in [0.5, 0.6) is 0 Å². The first kappa shape index (κ1) is 8.60. The van der Waals surface area contributed by atoms with Crippen LogP contribution < -0.4 is 10.6 Å². The summed E-state index contributed by atoms with van der Waals surface area (Å²) in [6.07, 6.45) is 11.2. The molecule has 0 fully saturated rings. The van der Waals surface area contributed by atoms with Crippen molar-refractivity contribution in [3.63, 3.8) is 0 Å². The van der Waals surface area contributed by atoms with Gasteiger partial charge < -0.3 is 4.42 Å². The van der Waals surface area contributed by atoms with Gasteiger partial charge in [-0.2, -0.15) is 0 Å². The van der Waals surface area contributed by atoms with Crippen LogP contribution in [0.25, 0.3) is 12.2 Å². The Hall–Kier alpha value is -1.50. The zero-order valence-electron chi connectivity index (χ0n) is 7.16. The highest BCUT2D eigenvalue weighted by Crippen LogP contribution is 1.75. The maximum absolute atomic E-state index is 5.21. The summed E-state index contributed by atoms with van der Waals surface area (Å²) in [5.41, 5.74) is 0.850. The first-order valence-corrected chi connectivity index (χ1v) is 3.87. The van der Waals surface area contributed by atoms with Gasteiger partial charge >= 0.3 is 0 Å². The largest absolute Gasteiger partial charge is 0.464 e. The first-order valence-electron chi connectivity index (χ1n) is 3.87. The molecular formula is C11H12O. The van der Waals surface area contributed by atoms with Crippen LogP contribution in [0.15, 0.2) is 41.6 Å². The second-order valence-corrected chi connectivity index (χ2v) is 2.34. The van der Waals surface area contributed by atoms with Gasteiger partial charge in [0.25, 0.3) is 0 Å². The van der Waals surface area contributed by atoms with E-state index >= 15 is 0 Å². The summed E-state index contributed by atoms with van der Waals surface area (Å²) in [4.78, 5) is 0. The van der Waals surface area contributed by atoms with E-state index in [-0.39, 0.29) is 0 Å². The molecule has 0 amide bonds. The molecule has 62 valence electrons. The second kappa shape index (κ2) is 4.39. The molecule has 0 saturated heterocycles. The highest BCUT2D eigenvalue weighted by molar-refractivity contribution is 5.39. The molecule has 1 rings (SSSR count). The van der Waals surface area contributed by atoms with Gasteiger partial charge in [0.2, 0.25) is 0 Å². The highest BCUT2D eigenvalue weighted by Gasteiger charge is 1.83.